The third kappa shape index (κ3) is 6.78. The topological polar surface area (TPSA) is 68.3 Å². The molecule has 48 heavy (non-hydrogen) atoms. The first-order valence-electron chi connectivity index (χ1n) is 14.5. The van der Waals surface area contributed by atoms with Crippen LogP contribution < -0.4 is 0 Å². The average Bonchev–Trinajstić information content (AvgIpc) is 3.75. The van der Waals surface area contributed by atoms with Crippen molar-refractivity contribution in [3.63, 3.8) is 0 Å². The Kier molecular flexibility index (Phi) is 10.3. The number of hydrogen-bond acceptors (Lipinski definition) is 6. The summed E-state index contributed by atoms with van der Waals surface area (Å²) in [5.41, 5.74) is 9.55. The molecule has 0 saturated heterocycles. The first kappa shape index (κ1) is 34.2. The summed E-state index contributed by atoms with van der Waals surface area (Å²) < 4.78 is 0. The van der Waals surface area contributed by atoms with Crippen LogP contribution in [0.15, 0.2) is 108 Å². The zero-order valence-corrected chi connectivity index (χ0v) is 30.3. The van der Waals surface area contributed by atoms with E-state index in [0.717, 1.165) is 44.5 Å². The van der Waals surface area contributed by atoms with Crippen LogP contribution in [0, 0.1) is 13.8 Å². The van der Waals surface area contributed by atoms with E-state index in [-0.39, 0.29) is 0 Å². The number of thiophene rings is 2. The zero-order chi connectivity index (χ0) is 34.1. The van der Waals surface area contributed by atoms with Gasteiger partial charge in [-0.25, -0.2) is 0 Å². The Labute approximate surface area is 302 Å². The molecule has 0 bridgehead atoms. The zero-order valence-electron chi connectivity index (χ0n) is 25.3. The number of benzene rings is 4. The summed E-state index contributed by atoms with van der Waals surface area (Å²) in [4.78, 5) is 51.9. The van der Waals surface area contributed by atoms with Gasteiger partial charge in [0.25, 0.3) is 0 Å². The first-order valence-corrected chi connectivity index (χ1v) is 20.8. The Morgan fingerprint density at radius 1 is 0.479 bits per heavy atom. The maximum absolute atomic E-state index is 12.5. The van der Waals surface area contributed by atoms with Gasteiger partial charge in [-0.05, 0) is 93.4 Å². The minimum absolute atomic E-state index is 0.412. The molecule has 0 N–H and O–H groups in total. The Balaban J connectivity index is 0.000000151. The molecule has 241 valence electrons. The summed E-state index contributed by atoms with van der Waals surface area (Å²) in [7, 11) is 14.7. The number of aryl methyl sites for hydroxylation is 2. The van der Waals surface area contributed by atoms with Crippen LogP contribution in [-0.4, -0.2) is 23.1 Å². The number of fused-ring (bicyclic) bond motifs is 6. The fourth-order valence-corrected chi connectivity index (χ4v) is 7.56. The van der Waals surface area contributed by atoms with Crippen LogP contribution >= 0.6 is 53.0 Å². The molecule has 0 aliphatic heterocycles. The van der Waals surface area contributed by atoms with Crippen LogP contribution in [0.25, 0.3) is 44.5 Å². The van der Waals surface area contributed by atoms with Gasteiger partial charge in [0.05, 0.1) is 0 Å². The van der Waals surface area contributed by atoms with Crippen molar-refractivity contribution < 1.29 is 30.3 Å². The minimum atomic E-state index is -1.33. The van der Waals surface area contributed by atoms with E-state index < -0.39 is 34.3 Å². The van der Waals surface area contributed by atoms with Crippen LogP contribution in [0.3, 0.4) is 0 Å². The second-order valence-electron chi connectivity index (χ2n) is 10.9. The van der Waals surface area contributed by atoms with Crippen molar-refractivity contribution in [2.75, 3.05) is 0 Å². The molecule has 6 aromatic rings. The third-order valence-electron chi connectivity index (χ3n) is 8.07. The Bertz CT molecular complexity index is 2240. The average molecular weight is 771 g/mol. The molecule has 0 atom stereocenters. The molecule has 4 nitrogen and oxygen atoms in total. The second kappa shape index (κ2) is 14.5. The molecule has 2 aliphatic carbocycles. The third-order valence-corrected chi connectivity index (χ3v) is 9.72. The van der Waals surface area contributed by atoms with E-state index in [0.29, 0.717) is 22.3 Å². The van der Waals surface area contributed by atoms with Crippen molar-refractivity contribution in [2.24, 2.45) is 0 Å². The predicted molar refractivity (Wildman–Crippen MR) is 195 cm³/mol. The molecule has 0 radical (unpaired) electrons. The number of hydrogen-bond donors (Lipinski definition) is 0. The van der Waals surface area contributed by atoms with Gasteiger partial charge in [-0.15, -0.1) is 11.3 Å². The second-order valence-corrected chi connectivity index (χ2v) is 18.6. The van der Waals surface area contributed by atoms with E-state index in [2.05, 4.69) is 19.9 Å². The van der Waals surface area contributed by atoms with Gasteiger partial charge in [0.1, 0.15) is 0 Å². The fraction of sp³-hybridized carbons (Fsp3) is 0.0526. The number of halogens is 3. The van der Waals surface area contributed by atoms with Gasteiger partial charge in [0.2, 0.25) is 23.1 Å². The molecule has 4 aromatic carbocycles. The standard InChI is InChI=1S/C20H14O2S.C18H10O2S.3ClH.Fe/c1-11-9-17(12(2)23-11)13-7-8-15-14-5-3-4-6-16(14)19(21)20(22)18(15)10-13;19-17-15-4-2-1-3-13(15)14-6-5-11(9-16(14)18(17)20)12-7-8-21-10-12;;;;/h3-10H,1-2H3;1-10H;3*1H;/q;;;;;+3/p-3. The van der Waals surface area contributed by atoms with E-state index in [4.69, 9.17) is 30.3 Å². The summed E-state index contributed by atoms with van der Waals surface area (Å²) >= 11 is 2.02. The Hall–Kier alpha value is -3.65. The van der Waals surface area contributed by atoms with Crippen LogP contribution in [0.2, 0.25) is 0 Å². The van der Waals surface area contributed by atoms with Gasteiger partial charge in [-0.2, -0.15) is 11.3 Å². The monoisotopic (exact) mass is 769 g/mol. The summed E-state index contributed by atoms with van der Waals surface area (Å²) in [5, 5.41) is 4.03. The van der Waals surface area contributed by atoms with Crippen LogP contribution in [-0.2, 0) is 11.2 Å². The van der Waals surface area contributed by atoms with Crippen molar-refractivity contribution in [1.29, 1.82) is 0 Å². The van der Waals surface area contributed by atoms with Crippen LogP contribution in [0.1, 0.15) is 51.2 Å². The van der Waals surface area contributed by atoms with Crippen molar-refractivity contribution >= 4 is 76.1 Å². The number of Topliss-reactive ketones (excluding diaryl/α,β-unsaturated/α-hetero) is 4. The van der Waals surface area contributed by atoms with Crippen molar-refractivity contribution in [3.05, 3.63) is 140 Å². The van der Waals surface area contributed by atoms with Crippen molar-refractivity contribution in [2.45, 2.75) is 13.8 Å². The predicted octanol–water partition coefficient (Wildman–Crippen LogP) is 11.6. The van der Waals surface area contributed by atoms with Gasteiger partial charge in [-0.3, -0.25) is 19.2 Å². The maximum atomic E-state index is 12.5. The van der Waals surface area contributed by atoms with E-state index in [9.17, 15) is 19.2 Å². The molecular weight excluding hydrogens is 747 g/mol. The normalized spacial score (nSPS) is 12.8. The summed E-state index contributed by atoms with van der Waals surface area (Å²) in [5.74, 6) is -1.66. The molecular formula is C38H24Cl3FeO4S2. The van der Waals surface area contributed by atoms with Gasteiger partial charge in [0, 0.05) is 32.0 Å². The summed E-state index contributed by atoms with van der Waals surface area (Å²) in [6.45, 7) is 4.15. The quantitative estimate of drug-likeness (QED) is 0.130. The molecule has 2 heterocycles. The van der Waals surface area contributed by atoms with E-state index in [1.807, 2.05) is 77.5 Å². The van der Waals surface area contributed by atoms with E-state index >= 15 is 0 Å². The molecule has 8 rings (SSSR count). The van der Waals surface area contributed by atoms with Crippen LogP contribution in [0.4, 0.5) is 0 Å². The number of ketones is 4. The summed E-state index contributed by atoms with van der Waals surface area (Å²) in [6.07, 6.45) is 0. The Morgan fingerprint density at radius 2 is 0.917 bits per heavy atom. The Morgan fingerprint density at radius 3 is 1.38 bits per heavy atom. The molecule has 10 heteroatoms. The van der Waals surface area contributed by atoms with Gasteiger partial charge in [0.15, 0.2) is 0 Å². The number of carbonyl (C=O) groups excluding carboxylic acids is 4. The fourth-order valence-electron chi connectivity index (χ4n) is 5.95. The molecule has 2 aromatic heterocycles. The van der Waals surface area contributed by atoms with Crippen LogP contribution in [0.5, 0.6) is 0 Å². The number of rotatable bonds is 2. The van der Waals surface area contributed by atoms with Crippen molar-refractivity contribution in [1.82, 2.24) is 0 Å². The van der Waals surface area contributed by atoms with Gasteiger partial charge < -0.3 is 0 Å². The molecule has 0 saturated carbocycles. The molecule has 0 fully saturated rings. The molecule has 0 spiro atoms. The van der Waals surface area contributed by atoms with Gasteiger partial charge >= 0.3 is 41.5 Å². The molecule has 2 aliphatic rings. The van der Waals surface area contributed by atoms with Crippen molar-refractivity contribution in [3.8, 4) is 44.5 Å². The molecule has 0 amide bonds. The molecule has 0 unspecified atom stereocenters. The summed E-state index contributed by atoms with van der Waals surface area (Å²) in [6, 6.07) is 30.3. The first-order chi connectivity index (χ1) is 23.0. The van der Waals surface area contributed by atoms with E-state index in [1.165, 1.54) is 9.75 Å². The SMILES string of the molecule is Cc1cc(-c2ccc3c(c2)C(=O)C(=O)c2ccccc2-3)c(C)s1.O=C1C(=O)c2cc(-c3ccsc3)ccc2-c2ccccc21.[Cl][Fe]([Cl])[Cl]. The van der Waals surface area contributed by atoms with Gasteiger partial charge in [-0.1, -0.05) is 72.8 Å². The number of carbonyl (C=O) groups is 4. The van der Waals surface area contributed by atoms with E-state index in [1.54, 1.807) is 46.9 Å².